The van der Waals surface area contributed by atoms with Gasteiger partial charge in [-0.3, -0.25) is 0 Å². The molecule has 0 aliphatic heterocycles. The first-order valence-electron chi connectivity index (χ1n) is 5.57. The fourth-order valence-electron chi connectivity index (χ4n) is 1.97. The molecule has 1 aliphatic rings. The molecule has 13 heavy (non-hydrogen) atoms. The van der Waals surface area contributed by atoms with E-state index in [4.69, 9.17) is 5.73 Å². The van der Waals surface area contributed by atoms with Gasteiger partial charge in [-0.1, -0.05) is 20.3 Å². The zero-order valence-corrected chi connectivity index (χ0v) is 9.10. The number of rotatable bonds is 6. The summed E-state index contributed by atoms with van der Waals surface area (Å²) in [5.41, 5.74) is 5.93. The van der Waals surface area contributed by atoms with E-state index in [0.29, 0.717) is 5.41 Å². The number of nitrogens with two attached hydrogens (primary N) is 1. The monoisotopic (exact) mass is 184 g/mol. The largest absolute Gasteiger partial charge is 0.330 e. The first-order chi connectivity index (χ1) is 6.17. The average molecular weight is 184 g/mol. The van der Waals surface area contributed by atoms with Gasteiger partial charge in [0.2, 0.25) is 0 Å². The van der Waals surface area contributed by atoms with Crippen molar-refractivity contribution in [1.29, 1.82) is 0 Å². The van der Waals surface area contributed by atoms with Gasteiger partial charge in [0.15, 0.2) is 0 Å². The molecule has 78 valence electrons. The van der Waals surface area contributed by atoms with Crippen molar-refractivity contribution in [1.82, 2.24) is 5.32 Å². The van der Waals surface area contributed by atoms with Crippen molar-refractivity contribution in [3.8, 4) is 0 Å². The van der Waals surface area contributed by atoms with Crippen LogP contribution in [0.5, 0.6) is 0 Å². The molecule has 2 heteroatoms. The van der Waals surface area contributed by atoms with E-state index in [0.717, 1.165) is 32.0 Å². The van der Waals surface area contributed by atoms with Crippen molar-refractivity contribution in [2.75, 3.05) is 19.6 Å². The lowest BCUT2D eigenvalue weighted by Crippen LogP contribution is -2.39. The van der Waals surface area contributed by atoms with Crippen molar-refractivity contribution in [2.45, 2.75) is 39.5 Å². The number of nitrogens with one attached hydrogen (secondary N) is 1. The SMILES string of the molecule is CC(C)(CNCCCN)C1CCC1. The molecule has 2 nitrogen and oxygen atoms in total. The third-order valence-electron chi connectivity index (χ3n) is 3.35. The third kappa shape index (κ3) is 3.28. The molecule has 0 spiro atoms. The van der Waals surface area contributed by atoms with Crippen LogP contribution in [-0.4, -0.2) is 19.6 Å². The van der Waals surface area contributed by atoms with Crippen LogP contribution in [0.25, 0.3) is 0 Å². The maximum Gasteiger partial charge on any atom is 0.000518 e. The van der Waals surface area contributed by atoms with E-state index in [2.05, 4.69) is 19.2 Å². The minimum Gasteiger partial charge on any atom is -0.330 e. The van der Waals surface area contributed by atoms with Gasteiger partial charge in [0.25, 0.3) is 0 Å². The lowest BCUT2D eigenvalue weighted by atomic mass is 9.67. The zero-order valence-electron chi connectivity index (χ0n) is 9.10. The molecular formula is C11H24N2. The zero-order chi connectivity index (χ0) is 9.73. The van der Waals surface area contributed by atoms with Gasteiger partial charge in [0.05, 0.1) is 0 Å². The standard InChI is InChI=1S/C11H24N2/c1-11(2,10-5-3-6-10)9-13-8-4-7-12/h10,13H,3-9,12H2,1-2H3. The predicted octanol–water partition coefficient (Wildman–Crippen LogP) is 1.75. The first-order valence-corrected chi connectivity index (χ1v) is 5.57. The number of hydrogen-bond acceptors (Lipinski definition) is 2. The van der Waals surface area contributed by atoms with Gasteiger partial charge in [-0.15, -0.1) is 0 Å². The molecule has 0 radical (unpaired) electrons. The van der Waals surface area contributed by atoms with Crippen molar-refractivity contribution < 1.29 is 0 Å². The van der Waals surface area contributed by atoms with Gasteiger partial charge in [-0.05, 0) is 43.7 Å². The van der Waals surface area contributed by atoms with Gasteiger partial charge >= 0.3 is 0 Å². The highest BCUT2D eigenvalue weighted by Gasteiger charge is 2.33. The van der Waals surface area contributed by atoms with E-state index < -0.39 is 0 Å². The van der Waals surface area contributed by atoms with E-state index in [1.54, 1.807) is 0 Å². The molecule has 1 saturated carbocycles. The molecule has 0 aromatic heterocycles. The second-order valence-electron chi connectivity index (χ2n) is 4.94. The molecule has 0 amide bonds. The molecular weight excluding hydrogens is 160 g/mol. The minimum atomic E-state index is 0.493. The normalized spacial score (nSPS) is 18.7. The summed E-state index contributed by atoms with van der Waals surface area (Å²) >= 11 is 0. The molecule has 1 fully saturated rings. The molecule has 0 aromatic rings. The van der Waals surface area contributed by atoms with Gasteiger partial charge in [-0.2, -0.15) is 0 Å². The van der Waals surface area contributed by atoms with E-state index in [1.807, 2.05) is 0 Å². The average Bonchev–Trinajstić information content (AvgIpc) is 1.93. The third-order valence-corrected chi connectivity index (χ3v) is 3.35. The summed E-state index contributed by atoms with van der Waals surface area (Å²) in [6.45, 7) is 7.79. The van der Waals surface area contributed by atoms with E-state index in [-0.39, 0.29) is 0 Å². The van der Waals surface area contributed by atoms with E-state index in [1.165, 1.54) is 19.3 Å². The fourth-order valence-corrected chi connectivity index (χ4v) is 1.97. The number of hydrogen-bond donors (Lipinski definition) is 2. The summed E-state index contributed by atoms with van der Waals surface area (Å²) in [5, 5.41) is 3.50. The molecule has 0 saturated heterocycles. The summed E-state index contributed by atoms with van der Waals surface area (Å²) in [4.78, 5) is 0. The van der Waals surface area contributed by atoms with Crippen LogP contribution < -0.4 is 11.1 Å². The Bertz CT molecular complexity index is 139. The lowest BCUT2D eigenvalue weighted by molar-refractivity contribution is 0.119. The smallest absolute Gasteiger partial charge is 0.000518 e. The molecule has 0 aromatic carbocycles. The van der Waals surface area contributed by atoms with Crippen LogP contribution in [0.1, 0.15) is 39.5 Å². The topological polar surface area (TPSA) is 38.0 Å². The van der Waals surface area contributed by atoms with Crippen LogP contribution in [0.4, 0.5) is 0 Å². The second kappa shape index (κ2) is 4.97. The Morgan fingerprint density at radius 1 is 1.38 bits per heavy atom. The summed E-state index contributed by atoms with van der Waals surface area (Å²) in [6, 6.07) is 0. The Labute approximate surface area is 82.3 Å². The van der Waals surface area contributed by atoms with Gasteiger partial charge in [0, 0.05) is 6.54 Å². The predicted molar refractivity (Wildman–Crippen MR) is 57.7 cm³/mol. The summed E-state index contributed by atoms with van der Waals surface area (Å²) in [5.74, 6) is 0.956. The Morgan fingerprint density at radius 3 is 2.54 bits per heavy atom. The van der Waals surface area contributed by atoms with E-state index >= 15 is 0 Å². The van der Waals surface area contributed by atoms with Gasteiger partial charge in [-0.25, -0.2) is 0 Å². The van der Waals surface area contributed by atoms with Crippen molar-refractivity contribution in [3.05, 3.63) is 0 Å². The molecule has 1 aliphatic carbocycles. The molecule has 1 rings (SSSR count). The molecule has 0 unspecified atom stereocenters. The van der Waals surface area contributed by atoms with E-state index in [9.17, 15) is 0 Å². The molecule has 3 N–H and O–H groups in total. The Kier molecular flexibility index (Phi) is 4.20. The van der Waals surface area contributed by atoms with Crippen LogP contribution in [-0.2, 0) is 0 Å². The Morgan fingerprint density at radius 2 is 2.08 bits per heavy atom. The Balaban J connectivity index is 2.10. The fraction of sp³-hybridized carbons (Fsp3) is 1.00. The molecule has 0 bridgehead atoms. The van der Waals surface area contributed by atoms with Crippen LogP contribution >= 0.6 is 0 Å². The highest BCUT2D eigenvalue weighted by Crippen LogP contribution is 2.40. The van der Waals surface area contributed by atoms with Crippen molar-refractivity contribution in [2.24, 2.45) is 17.1 Å². The first kappa shape index (κ1) is 11.0. The van der Waals surface area contributed by atoms with Crippen molar-refractivity contribution in [3.63, 3.8) is 0 Å². The highest BCUT2D eigenvalue weighted by atomic mass is 14.9. The lowest BCUT2D eigenvalue weighted by Gasteiger charge is -2.40. The maximum absolute atomic E-state index is 5.44. The van der Waals surface area contributed by atoms with Crippen molar-refractivity contribution >= 4 is 0 Å². The maximum atomic E-state index is 5.44. The minimum absolute atomic E-state index is 0.493. The Hall–Kier alpha value is -0.0800. The second-order valence-corrected chi connectivity index (χ2v) is 4.94. The molecule has 0 atom stereocenters. The van der Waals surface area contributed by atoms with Crippen LogP contribution in [0.15, 0.2) is 0 Å². The molecule has 0 heterocycles. The summed E-state index contributed by atoms with van der Waals surface area (Å²) in [7, 11) is 0. The van der Waals surface area contributed by atoms with Crippen LogP contribution in [0, 0.1) is 11.3 Å². The summed E-state index contributed by atoms with van der Waals surface area (Å²) in [6.07, 6.45) is 5.41. The van der Waals surface area contributed by atoms with Crippen LogP contribution in [0.2, 0.25) is 0 Å². The quantitative estimate of drug-likeness (QED) is 0.617. The van der Waals surface area contributed by atoms with Gasteiger partial charge < -0.3 is 11.1 Å². The van der Waals surface area contributed by atoms with Gasteiger partial charge in [0.1, 0.15) is 0 Å². The summed E-state index contributed by atoms with van der Waals surface area (Å²) < 4.78 is 0. The highest BCUT2D eigenvalue weighted by molar-refractivity contribution is 4.85. The van der Waals surface area contributed by atoms with Crippen LogP contribution in [0.3, 0.4) is 0 Å².